The highest BCUT2D eigenvalue weighted by molar-refractivity contribution is 5.88. The Morgan fingerprint density at radius 3 is 1.82 bits per heavy atom. The molecule has 5 heteroatoms. The lowest BCUT2D eigenvalue weighted by Gasteiger charge is -2.10. The van der Waals surface area contributed by atoms with Gasteiger partial charge in [0.05, 0.1) is 0 Å². The number of hydrogen-bond acceptors (Lipinski definition) is 0. The van der Waals surface area contributed by atoms with Gasteiger partial charge in [0.15, 0.2) is 17.5 Å². The molecule has 0 atom stereocenters. The molecule has 0 N–H and O–H groups in total. The molecule has 28 heavy (non-hydrogen) atoms. The molecular formula is C23H13F5. The van der Waals surface area contributed by atoms with E-state index in [1.54, 1.807) is 25.1 Å². The number of aryl methyl sites for hydroxylation is 1. The fourth-order valence-electron chi connectivity index (χ4n) is 3.24. The van der Waals surface area contributed by atoms with Crippen LogP contribution in [0.3, 0.4) is 0 Å². The van der Waals surface area contributed by atoms with Crippen molar-refractivity contribution in [2.45, 2.75) is 6.92 Å². The Kier molecular flexibility index (Phi) is 4.38. The van der Waals surface area contributed by atoms with Crippen LogP contribution in [0, 0.1) is 36.0 Å². The van der Waals surface area contributed by atoms with E-state index in [0.29, 0.717) is 11.1 Å². The third-order valence-electron chi connectivity index (χ3n) is 4.69. The quantitative estimate of drug-likeness (QED) is 0.254. The fraction of sp³-hybridized carbons (Fsp3) is 0.0435. The first kappa shape index (κ1) is 18.2. The highest BCUT2D eigenvalue weighted by Crippen LogP contribution is 2.32. The van der Waals surface area contributed by atoms with E-state index >= 15 is 0 Å². The zero-order chi connectivity index (χ0) is 20.0. The topological polar surface area (TPSA) is 0 Å². The molecule has 0 amide bonds. The second-order valence-electron chi connectivity index (χ2n) is 6.60. The summed E-state index contributed by atoms with van der Waals surface area (Å²) in [5.41, 5.74) is 1.95. The fourth-order valence-corrected chi connectivity index (χ4v) is 3.24. The number of benzene rings is 4. The van der Waals surface area contributed by atoms with Gasteiger partial charge in [-0.1, -0.05) is 36.4 Å². The van der Waals surface area contributed by atoms with Gasteiger partial charge in [-0.05, 0) is 53.3 Å². The van der Waals surface area contributed by atoms with Crippen LogP contribution < -0.4 is 0 Å². The van der Waals surface area contributed by atoms with Crippen LogP contribution in [0.15, 0.2) is 60.7 Å². The van der Waals surface area contributed by atoms with Gasteiger partial charge in [-0.25, -0.2) is 22.0 Å². The molecule has 4 rings (SSSR count). The van der Waals surface area contributed by atoms with Crippen molar-refractivity contribution >= 4 is 10.8 Å². The minimum atomic E-state index is -1.55. The van der Waals surface area contributed by atoms with Gasteiger partial charge in [0.1, 0.15) is 11.6 Å². The lowest BCUT2D eigenvalue weighted by Crippen LogP contribution is -1.93. The molecule has 0 aliphatic heterocycles. The largest absolute Gasteiger partial charge is 0.206 e. The van der Waals surface area contributed by atoms with E-state index in [2.05, 4.69) is 0 Å². The van der Waals surface area contributed by atoms with E-state index < -0.39 is 29.1 Å². The Hall–Kier alpha value is -3.21. The minimum Gasteiger partial charge on any atom is -0.206 e. The third-order valence-corrected chi connectivity index (χ3v) is 4.69. The first-order valence-corrected chi connectivity index (χ1v) is 8.49. The first-order chi connectivity index (χ1) is 13.3. The van der Waals surface area contributed by atoms with Crippen LogP contribution in [-0.4, -0.2) is 0 Å². The summed E-state index contributed by atoms with van der Waals surface area (Å²) >= 11 is 0. The van der Waals surface area contributed by atoms with Crippen molar-refractivity contribution in [2.75, 3.05) is 0 Å². The summed E-state index contributed by atoms with van der Waals surface area (Å²) in [5.74, 6) is -5.21. The van der Waals surface area contributed by atoms with E-state index in [1.165, 1.54) is 36.4 Å². The number of fused-ring (bicyclic) bond motifs is 1. The predicted octanol–water partition coefficient (Wildman–Crippen LogP) is 7.18. The number of rotatable bonds is 2. The highest BCUT2D eigenvalue weighted by Gasteiger charge is 2.15. The summed E-state index contributed by atoms with van der Waals surface area (Å²) in [4.78, 5) is 0. The first-order valence-electron chi connectivity index (χ1n) is 8.49. The van der Waals surface area contributed by atoms with E-state index in [9.17, 15) is 22.0 Å². The summed E-state index contributed by atoms with van der Waals surface area (Å²) in [6.07, 6.45) is 0. The van der Waals surface area contributed by atoms with E-state index in [-0.39, 0.29) is 21.9 Å². The van der Waals surface area contributed by atoms with Crippen LogP contribution in [0.5, 0.6) is 0 Å². The Labute approximate surface area is 157 Å². The average Bonchev–Trinajstić information content (AvgIpc) is 2.66. The van der Waals surface area contributed by atoms with Crippen molar-refractivity contribution < 1.29 is 22.0 Å². The zero-order valence-corrected chi connectivity index (χ0v) is 14.7. The molecule has 140 valence electrons. The van der Waals surface area contributed by atoms with Crippen molar-refractivity contribution in [3.8, 4) is 22.3 Å². The number of hydrogen-bond donors (Lipinski definition) is 0. The molecule has 0 saturated carbocycles. The molecule has 0 saturated heterocycles. The normalized spacial score (nSPS) is 11.2. The van der Waals surface area contributed by atoms with Gasteiger partial charge in [-0.15, -0.1) is 0 Å². The Bertz CT molecular complexity index is 1230. The van der Waals surface area contributed by atoms with Crippen molar-refractivity contribution in [3.05, 3.63) is 95.3 Å². The van der Waals surface area contributed by atoms with Crippen molar-refractivity contribution in [3.63, 3.8) is 0 Å². The molecule has 0 heterocycles. The van der Waals surface area contributed by atoms with Crippen LogP contribution in [0.25, 0.3) is 33.0 Å². The van der Waals surface area contributed by atoms with Crippen molar-refractivity contribution in [1.29, 1.82) is 0 Å². The maximum atomic E-state index is 14.7. The van der Waals surface area contributed by atoms with Crippen LogP contribution >= 0.6 is 0 Å². The molecule has 4 aromatic rings. The minimum absolute atomic E-state index is 0.0959. The Balaban J connectivity index is 1.80. The molecular weight excluding hydrogens is 371 g/mol. The van der Waals surface area contributed by atoms with Gasteiger partial charge in [-0.3, -0.25) is 0 Å². The molecule has 0 unspecified atom stereocenters. The lowest BCUT2D eigenvalue weighted by atomic mass is 9.97. The summed E-state index contributed by atoms with van der Waals surface area (Å²) in [6, 6.07) is 13.9. The molecule has 0 aromatic heterocycles. The Morgan fingerprint density at radius 1 is 0.536 bits per heavy atom. The lowest BCUT2D eigenvalue weighted by molar-refractivity contribution is 0.453. The van der Waals surface area contributed by atoms with Crippen molar-refractivity contribution in [1.82, 2.24) is 0 Å². The van der Waals surface area contributed by atoms with Gasteiger partial charge in [0.2, 0.25) is 0 Å². The highest BCUT2D eigenvalue weighted by atomic mass is 19.2. The predicted molar refractivity (Wildman–Crippen MR) is 99.3 cm³/mol. The summed E-state index contributed by atoms with van der Waals surface area (Å²) in [5, 5.41) is 0.0170. The monoisotopic (exact) mass is 384 g/mol. The summed E-state index contributed by atoms with van der Waals surface area (Å²) < 4.78 is 69.6. The molecule has 0 radical (unpaired) electrons. The van der Waals surface area contributed by atoms with E-state index in [1.807, 2.05) is 0 Å². The summed E-state index contributed by atoms with van der Waals surface area (Å²) in [7, 11) is 0. The maximum Gasteiger partial charge on any atom is 0.195 e. The van der Waals surface area contributed by atoms with Crippen LogP contribution in [0.1, 0.15) is 5.56 Å². The van der Waals surface area contributed by atoms with Crippen molar-refractivity contribution in [2.24, 2.45) is 0 Å². The molecule has 0 nitrogen and oxygen atoms in total. The maximum absolute atomic E-state index is 14.7. The zero-order valence-electron chi connectivity index (χ0n) is 14.7. The van der Waals surface area contributed by atoms with Gasteiger partial charge in [0, 0.05) is 16.5 Å². The van der Waals surface area contributed by atoms with Gasteiger partial charge >= 0.3 is 0 Å². The number of halogens is 5. The average molecular weight is 384 g/mol. The SMILES string of the molecule is Cc1ccc(-c2ccc(-c3ccc4c(F)c(F)c(F)cc4c3)c(F)c2)c(F)c1. The van der Waals surface area contributed by atoms with Gasteiger partial charge < -0.3 is 0 Å². The van der Waals surface area contributed by atoms with Crippen LogP contribution in [0.2, 0.25) is 0 Å². The molecule has 0 spiro atoms. The van der Waals surface area contributed by atoms with Gasteiger partial charge in [0.25, 0.3) is 0 Å². The third kappa shape index (κ3) is 3.03. The van der Waals surface area contributed by atoms with E-state index in [0.717, 1.165) is 11.6 Å². The molecule has 0 fully saturated rings. The van der Waals surface area contributed by atoms with E-state index in [4.69, 9.17) is 0 Å². The molecule has 4 aromatic carbocycles. The second-order valence-corrected chi connectivity index (χ2v) is 6.60. The molecule has 0 aliphatic rings. The molecule has 0 aliphatic carbocycles. The van der Waals surface area contributed by atoms with Crippen LogP contribution in [-0.2, 0) is 0 Å². The summed E-state index contributed by atoms with van der Waals surface area (Å²) in [6.45, 7) is 1.76. The standard InChI is InChI=1S/C23H13F5/c1-12-2-5-16(19(24)8-12)14-3-6-17(20(25)10-14)13-4-7-18-15(9-13)11-21(26)23(28)22(18)27/h2-11H,1H3. The van der Waals surface area contributed by atoms with Crippen LogP contribution in [0.4, 0.5) is 22.0 Å². The van der Waals surface area contributed by atoms with Gasteiger partial charge in [-0.2, -0.15) is 0 Å². The molecule has 0 bridgehead atoms. The smallest absolute Gasteiger partial charge is 0.195 e. The Morgan fingerprint density at radius 2 is 1.14 bits per heavy atom. The second kappa shape index (κ2) is 6.75.